The number of hydrogen-bond donors (Lipinski definition) is 1. The Labute approximate surface area is 90.3 Å². The molecule has 0 radical (unpaired) electrons. The van der Waals surface area contributed by atoms with Crippen LogP contribution in [-0.2, 0) is 9.59 Å². The molecule has 0 aromatic rings. The Kier molecular flexibility index (Phi) is 3.72. The van der Waals surface area contributed by atoms with Crippen molar-refractivity contribution in [2.75, 3.05) is 6.54 Å². The fourth-order valence-electron chi connectivity index (χ4n) is 1.72. The van der Waals surface area contributed by atoms with E-state index in [2.05, 4.69) is 0 Å². The van der Waals surface area contributed by atoms with Gasteiger partial charge in [-0.1, -0.05) is 6.92 Å². The quantitative estimate of drug-likeness (QED) is 0.750. The van der Waals surface area contributed by atoms with E-state index in [4.69, 9.17) is 5.11 Å². The van der Waals surface area contributed by atoms with E-state index in [1.807, 2.05) is 20.8 Å². The highest BCUT2D eigenvalue weighted by Crippen LogP contribution is 2.37. The van der Waals surface area contributed by atoms with E-state index >= 15 is 0 Å². The highest BCUT2D eigenvalue weighted by Gasteiger charge is 2.35. The zero-order chi connectivity index (χ0) is 11.6. The van der Waals surface area contributed by atoms with Crippen LogP contribution in [-0.4, -0.2) is 34.5 Å². The van der Waals surface area contributed by atoms with Crippen molar-refractivity contribution >= 4 is 11.9 Å². The first-order valence-corrected chi connectivity index (χ1v) is 5.45. The van der Waals surface area contributed by atoms with E-state index in [1.165, 1.54) is 4.90 Å². The van der Waals surface area contributed by atoms with Gasteiger partial charge in [-0.2, -0.15) is 0 Å². The zero-order valence-electron chi connectivity index (χ0n) is 9.56. The molecule has 1 atom stereocenters. The second-order valence-corrected chi connectivity index (χ2v) is 4.58. The number of carbonyl (C=O) groups excluding carboxylic acids is 1. The lowest BCUT2D eigenvalue weighted by Gasteiger charge is -2.27. The average Bonchev–Trinajstić information content (AvgIpc) is 2.94. The first-order valence-electron chi connectivity index (χ1n) is 5.45. The van der Waals surface area contributed by atoms with Crippen molar-refractivity contribution in [3.63, 3.8) is 0 Å². The number of nitrogens with zero attached hydrogens (tertiary/aromatic N) is 1. The maximum atomic E-state index is 12.0. The van der Waals surface area contributed by atoms with Gasteiger partial charge in [0.2, 0.25) is 5.91 Å². The minimum absolute atomic E-state index is 0.0186. The maximum Gasteiger partial charge on any atom is 0.323 e. The maximum absolute atomic E-state index is 12.0. The molecule has 0 heterocycles. The third kappa shape index (κ3) is 3.22. The van der Waals surface area contributed by atoms with Crippen molar-refractivity contribution < 1.29 is 14.7 Å². The third-order valence-corrected chi connectivity index (χ3v) is 2.93. The fourth-order valence-corrected chi connectivity index (χ4v) is 1.72. The number of carboxylic acid groups (broad SMARTS) is 1. The number of amides is 1. The molecule has 0 aromatic heterocycles. The summed E-state index contributed by atoms with van der Waals surface area (Å²) >= 11 is 0. The van der Waals surface area contributed by atoms with Gasteiger partial charge >= 0.3 is 5.97 Å². The van der Waals surface area contributed by atoms with E-state index in [1.54, 1.807) is 0 Å². The Morgan fingerprint density at radius 1 is 1.33 bits per heavy atom. The van der Waals surface area contributed by atoms with Gasteiger partial charge in [0.15, 0.2) is 0 Å². The predicted molar refractivity (Wildman–Crippen MR) is 56.4 cm³/mol. The molecule has 1 saturated carbocycles. The molecule has 1 N–H and O–H groups in total. The van der Waals surface area contributed by atoms with Crippen LogP contribution in [0.5, 0.6) is 0 Å². The smallest absolute Gasteiger partial charge is 0.323 e. The Morgan fingerprint density at radius 3 is 2.20 bits per heavy atom. The van der Waals surface area contributed by atoms with Crippen LogP contribution in [0.15, 0.2) is 0 Å². The summed E-state index contributed by atoms with van der Waals surface area (Å²) in [6.45, 7) is 5.41. The summed E-state index contributed by atoms with van der Waals surface area (Å²) in [6, 6.07) is -0.0465. The normalized spacial score (nSPS) is 17.6. The summed E-state index contributed by atoms with van der Waals surface area (Å²) < 4.78 is 0. The second-order valence-electron chi connectivity index (χ2n) is 4.58. The number of rotatable bonds is 5. The number of carbonyl (C=O) groups is 2. The molecule has 0 aromatic carbocycles. The predicted octanol–water partition coefficient (Wildman–Crippen LogP) is 1.35. The minimum atomic E-state index is -0.944. The summed E-state index contributed by atoms with van der Waals surface area (Å²) in [5, 5.41) is 8.72. The molecule has 0 saturated heterocycles. The number of carboxylic acids is 1. The first-order chi connectivity index (χ1) is 6.93. The summed E-state index contributed by atoms with van der Waals surface area (Å²) in [7, 11) is 0. The van der Waals surface area contributed by atoms with Crippen molar-refractivity contribution in [1.82, 2.24) is 4.90 Å². The third-order valence-electron chi connectivity index (χ3n) is 2.93. The summed E-state index contributed by atoms with van der Waals surface area (Å²) in [5.41, 5.74) is 0. The molecular formula is C11H19NO3. The SMILES string of the molecule is CC(C(=O)N(CC(=O)O)C(C)C)C1CC1. The van der Waals surface area contributed by atoms with E-state index in [-0.39, 0.29) is 24.4 Å². The number of aliphatic carboxylic acids is 1. The van der Waals surface area contributed by atoms with Gasteiger partial charge in [-0.3, -0.25) is 9.59 Å². The van der Waals surface area contributed by atoms with Gasteiger partial charge in [0.25, 0.3) is 0 Å². The van der Waals surface area contributed by atoms with Gasteiger partial charge in [0, 0.05) is 12.0 Å². The molecule has 1 rings (SSSR count). The molecule has 86 valence electrons. The van der Waals surface area contributed by atoms with Gasteiger partial charge in [-0.25, -0.2) is 0 Å². The lowest BCUT2D eigenvalue weighted by atomic mass is 10.0. The first kappa shape index (κ1) is 12.0. The lowest BCUT2D eigenvalue weighted by Crippen LogP contribution is -2.43. The van der Waals surface area contributed by atoms with Crippen LogP contribution in [0, 0.1) is 11.8 Å². The highest BCUT2D eigenvalue weighted by atomic mass is 16.4. The van der Waals surface area contributed by atoms with E-state index in [0.717, 1.165) is 12.8 Å². The molecule has 0 aliphatic heterocycles. The second kappa shape index (κ2) is 4.64. The lowest BCUT2D eigenvalue weighted by molar-refractivity contribution is -0.147. The van der Waals surface area contributed by atoms with Crippen molar-refractivity contribution in [3.05, 3.63) is 0 Å². The number of hydrogen-bond acceptors (Lipinski definition) is 2. The van der Waals surface area contributed by atoms with Crippen LogP contribution < -0.4 is 0 Å². The Bertz CT molecular complexity index is 259. The standard InChI is InChI=1S/C11H19NO3/c1-7(2)12(6-10(13)14)11(15)8(3)9-4-5-9/h7-9H,4-6H2,1-3H3,(H,13,14). The molecule has 15 heavy (non-hydrogen) atoms. The monoisotopic (exact) mass is 213 g/mol. The van der Waals surface area contributed by atoms with Crippen LogP contribution in [0.4, 0.5) is 0 Å². The molecule has 1 unspecified atom stereocenters. The largest absolute Gasteiger partial charge is 0.480 e. The molecule has 0 bridgehead atoms. The minimum Gasteiger partial charge on any atom is -0.480 e. The van der Waals surface area contributed by atoms with E-state index < -0.39 is 5.97 Å². The Balaban J connectivity index is 2.61. The van der Waals surface area contributed by atoms with Gasteiger partial charge in [0.1, 0.15) is 6.54 Å². The van der Waals surface area contributed by atoms with Crippen LogP contribution >= 0.6 is 0 Å². The summed E-state index contributed by atoms with van der Waals surface area (Å²) in [6.07, 6.45) is 2.21. The van der Waals surface area contributed by atoms with E-state index in [0.29, 0.717) is 5.92 Å². The van der Waals surface area contributed by atoms with Crippen molar-refractivity contribution in [2.45, 2.75) is 39.7 Å². The van der Waals surface area contributed by atoms with Crippen molar-refractivity contribution in [2.24, 2.45) is 11.8 Å². The molecule has 1 fully saturated rings. The van der Waals surface area contributed by atoms with Gasteiger partial charge in [-0.05, 0) is 32.6 Å². The highest BCUT2D eigenvalue weighted by molar-refractivity contribution is 5.83. The Morgan fingerprint density at radius 2 is 1.87 bits per heavy atom. The van der Waals surface area contributed by atoms with Crippen LogP contribution in [0.1, 0.15) is 33.6 Å². The van der Waals surface area contributed by atoms with Crippen LogP contribution in [0.3, 0.4) is 0 Å². The molecule has 4 heteroatoms. The van der Waals surface area contributed by atoms with Gasteiger partial charge in [0.05, 0.1) is 0 Å². The summed E-state index contributed by atoms with van der Waals surface area (Å²) in [5.74, 6) is -0.505. The molecule has 4 nitrogen and oxygen atoms in total. The van der Waals surface area contributed by atoms with Crippen LogP contribution in [0.2, 0.25) is 0 Å². The molecule has 0 spiro atoms. The molecule has 1 amide bonds. The van der Waals surface area contributed by atoms with Crippen molar-refractivity contribution in [3.8, 4) is 0 Å². The van der Waals surface area contributed by atoms with Crippen LogP contribution in [0.25, 0.3) is 0 Å². The molecular weight excluding hydrogens is 194 g/mol. The Hall–Kier alpha value is -1.06. The van der Waals surface area contributed by atoms with Gasteiger partial charge < -0.3 is 10.0 Å². The molecule has 1 aliphatic carbocycles. The van der Waals surface area contributed by atoms with Crippen molar-refractivity contribution in [1.29, 1.82) is 0 Å². The van der Waals surface area contributed by atoms with E-state index in [9.17, 15) is 9.59 Å². The summed E-state index contributed by atoms with van der Waals surface area (Å²) in [4.78, 5) is 24.0. The average molecular weight is 213 g/mol. The topological polar surface area (TPSA) is 57.6 Å². The van der Waals surface area contributed by atoms with Gasteiger partial charge in [-0.15, -0.1) is 0 Å². The fraction of sp³-hybridized carbons (Fsp3) is 0.818. The molecule has 1 aliphatic rings. The zero-order valence-corrected chi connectivity index (χ0v) is 9.56.